The lowest BCUT2D eigenvalue weighted by molar-refractivity contribution is 1.09. The number of nitrogens with zero attached hydrogens (tertiary/aromatic N) is 1. The van der Waals surface area contributed by atoms with Crippen LogP contribution in [-0.2, 0) is 0 Å². The van der Waals surface area contributed by atoms with Crippen molar-refractivity contribution in [2.45, 2.75) is 13.8 Å². The fourth-order valence-corrected chi connectivity index (χ4v) is 1.72. The molecule has 0 bridgehead atoms. The van der Waals surface area contributed by atoms with Gasteiger partial charge in [0.25, 0.3) is 0 Å². The predicted molar refractivity (Wildman–Crippen MR) is 72.7 cm³/mol. The van der Waals surface area contributed by atoms with Gasteiger partial charge in [-0.05, 0) is 37.1 Å². The Kier molecular flexibility index (Phi) is 4.12. The first kappa shape index (κ1) is 12.3. The molecule has 0 atom stereocenters. The highest BCUT2D eigenvalue weighted by atomic mass is 15.1. The van der Waals surface area contributed by atoms with E-state index in [0.717, 1.165) is 11.3 Å². The lowest BCUT2D eigenvalue weighted by atomic mass is 10.1. The quantitative estimate of drug-likeness (QED) is 0.681. The van der Waals surface area contributed by atoms with Crippen molar-refractivity contribution in [1.82, 2.24) is 0 Å². The highest BCUT2D eigenvalue weighted by Crippen LogP contribution is 2.24. The number of hydrogen-bond donors (Lipinski definition) is 0. The summed E-state index contributed by atoms with van der Waals surface area (Å²) in [7, 11) is 2.05. The molecule has 0 aliphatic heterocycles. The van der Waals surface area contributed by atoms with E-state index in [0.29, 0.717) is 0 Å². The minimum Gasteiger partial charge on any atom is -0.344 e. The monoisotopic (exact) mass is 213 g/mol. The van der Waals surface area contributed by atoms with Crippen LogP contribution in [0.5, 0.6) is 0 Å². The Labute approximate surface area is 98.4 Å². The molecule has 84 valence electrons. The first-order valence-corrected chi connectivity index (χ1v) is 5.36. The number of para-hydroxylation sites is 1. The number of aryl methyl sites for hydroxylation is 1. The van der Waals surface area contributed by atoms with Gasteiger partial charge in [0, 0.05) is 18.4 Å². The van der Waals surface area contributed by atoms with Gasteiger partial charge in [0.05, 0.1) is 0 Å². The average molecular weight is 213 g/mol. The number of rotatable bonds is 4. The van der Waals surface area contributed by atoms with Crippen molar-refractivity contribution in [2.24, 2.45) is 0 Å². The van der Waals surface area contributed by atoms with Crippen LogP contribution in [-0.4, -0.2) is 7.05 Å². The van der Waals surface area contributed by atoms with Crippen LogP contribution in [0.1, 0.15) is 12.5 Å². The molecule has 0 N–H and O–H groups in total. The molecule has 0 aliphatic carbocycles. The number of allylic oxidation sites excluding steroid dienone is 3. The SMILES string of the molecule is C=C/C=C(\C(=C)C)N(C)c1ccccc1C. The molecule has 0 amide bonds. The van der Waals surface area contributed by atoms with Crippen molar-refractivity contribution in [2.75, 3.05) is 11.9 Å². The van der Waals surface area contributed by atoms with Gasteiger partial charge in [0.2, 0.25) is 0 Å². The van der Waals surface area contributed by atoms with E-state index in [9.17, 15) is 0 Å². The fraction of sp³-hybridized carbons (Fsp3) is 0.200. The Bertz CT molecular complexity index is 427. The van der Waals surface area contributed by atoms with Gasteiger partial charge in [-0.1, -0.05) is 37.4 Å². The van der Waals surface area contributed by atoms with Gasteiger partial charge in [-0.2, -0.15) is 0 Å². The lowest BCUT2D eigenvalue weighted by Crippen LogP contribution is -2.17. The summed E-state index contributed by atoms with van der Waals surface area (Å²) in [6.07, 6.45) is 3.77. The molecular weight excluding hydrogens is 194 g/mol. The Balaban J connectivity index is 3.14. The van der Waals surface area contributed by atoms with Crippen LogP contribution in [0.3, 0.4) is 0 Å². The molecule has 1 rings (SSSR count). The van der Waals surface area contributed by atoms with E-state index < -0.39 is 0 Å². The molecule has 0 saturated carbocycles. The molecule has 16 heavy (non-hydrogen) atoms. The molecule has 1 aromatic rings. The number of hydrogen-bond acceptors (Lipinski definition) is 1. The normalized spacial score (nSPS) is 11.1. The van der Waals surface area contributed by atoms with Crippen molar-refractivity contribution < 1.29 is 0 Å². The molecule has 0 spiro atoms. The number of anilines is 1. The minimum atomic E-state index is 1.03. The third kappa shape index (κ3) is 2.63. The van der Waals surface area contributed by atoms with Crippen molar-refractivity contribution in [3.8, 4) is 0 Å². The van der Waals surface area contributed by atoms with Crippen molar-refractivity contribution in [1.29, 1.82) is 0 Å². The summed E-state index contributed by atoms with van der Waals surface area (Å²) in [5.41, 5.74) is 4.56. The molecule has 1 nitrogen and oxygen atoms in total. The zero-order valence-electron chi connectivity index (χ0n) is 10.3. The summed E-state index contributed by atoms with van der Waals surface area (Å²) in [4.78, 5) is 2.14. The van der Waals surface area contributed by atoms with E-state index in [4.69, 9.17) is 0 Å². The summed E-state index contributed by atoms with van der Waals surface area (Å²) in [6.45, 7) is 11.8. The van der Waals surface area contributed by atoms with Gasteiger partial charge >= 0.3 is 0 Å². The number of likely N-dealkylation sites (N-methyl/N-ethyl adjacent to an activating group) is 1. The van der Waals surface area contributed by atoms with Crippen molar-refractivity contribution in [3.63, 3.8) is 0 Å². The Hall–Kier alpha value is -1.76. The van der Waals surface area contributed by atoms with Gasteiger partial charge in [-0.3, -0.25) is 0 Å². The molecule has 1 aromatic carbocycles. The van der Waals surface area contributed by atoms with E-state index >= 15 is 0 Å². The standard InChI is InChI=1S/C15H19N/c1-6-9-14(12(2)3)16(5)15-11-8-7-10-13(15)4/h6-11H,1-2H2,3-5H3/b14-9+. The van der Waals surface area contributed by atoms with E-state index in [1.807, 2.05) is 32.2 Å². The third-order valence-corrected chi connectivity index (χ3v) is 2.55. The minimum absolute atomic E-state index is 1.03. The zero-order valence-corrected chi connectivity index (χ0v) is 10.3. The van der Waals surface area contributed by atoms with Gasteiger partial charge in [-0.15, -0.1) is 0 Å². The Morgan fingerprint density at radius 1 is 1.31 bits per heavy atom. The molecule has 0 fully saturated rings. The van der Waals surface area contributed by atoms with E-state index in [1.54, 1.807) is 6.08 Å². The van der Waals surface area contributed by atoms with Crippen LogP contribution < -0.4 is 4.90 Å². The summed E-state index contributed by atoms with van der Waals surface area (Å²) in [5, 5.41) is 0. The highest BCUT2D eigenvalue weighted by molar-refractivity contribution is 5.60. The second kappa shape index (κ2) is 5.36. The smallest absolute Gasteiger partial charge is 0.0437 e. The molecule has 0 radical (unpaired) electrons. The molecular formula is C15H19N. The van der Waals surface area contributed by atoms with E-state index in [-0.39, 0.29) is 0 Å². The van der Waals surface area contributed by atoms with Crippen LogP contribution >= 0.6 is 0 Å². The topological polar surface area (TPSA) is 3.24 Å². The first-order chi connectivity index (χ1) is 7.57. The zero-order chi connectivity index (χ0) is 12.1. The molecule has 0 unspecified atom stereocenters. The largest absolute Gasteiger partial charge is 0.344 e. The van der Waals surface area contributed by atoms with E-state index in [2.05, 4.69) is 37.1 Å². The summed E-state index contributed by atoms with van der Waals surface area (Å²) >= 11 is 0. The molecule has 0 heterocycles. The van der Waals surface area contributed by atoms with Crippen molar-refractivity contribution in [3.05, 3.63) is 66.4 Å². The van der Waals surface area contributed by atoms with Crippen molar-refractivity contribution >= 4 is 5.69 Å². The maximum atomic E-state index is 3.99. The fourth-order valence-electron chi connectivity index (χ4n) is 1.72. The molecule has 0 aromatic heterocycles. The first-order valence-electron chi connectivity index (χ1n) is 5.36. The highest BCUT2D eigenvalue weighted by Gasteiger charge is 2.08. The molecule has 0 saturated heterocycles. The summed E-state index contributed by atoms with van der Waals surface area (Å²) < 4.78 is 0. The second-order valence-corrected chi connectivity index (χ2v) is 3.91. The summed E-state index contributed by atoms with van der Waals surface area (Å²) in [5.74, 6) is 0. The van der Waals surface area contributed by atoms with Gasteiger partial charge < -0.3 is 4.90 Å². The molecule has 0 aliphatic rings. The van der Waals surface area contributed by atoms with Gasteiger partial charge in [0.15, 0.2) is 0 Å². The van der Waals surface area contributed by atoms with Crippen LogP contribution in [0.15, 0.2) is 60.8 Å². The Morgan fingerprint density at radius 3 is 2.44 bits per heavy atom. The van der Waals surface area contributed by atoms with Crippen LogP contribution in [0, 0.1) is 6.92 Å². The third-order valence-electron chi connectivity index (χ3n) is 2.55. The molecule has 1 heteroatoms. The van der Waals surface area contributed by atoms with Gasteiger partial charge in [0.1, 0.15) is 0 Å². The predicted octanol–water partition coefficient (Wildman–Crippen LogP) is 4.08. The van der Waals surface area contributed by atoms with E-state index in [1.165, 1.54) is 11.3 Å². The summed E-state index contributed by atoms with van der Waals surface area (Å²) in [6, 6.07) is 8.30. The van der Waals surface area contributed by atoms with Crippen LogP contribution in [0.2, 0.25) is 0 Å². The number of benzene rings is 1. The maximum absolute atomic E-state index is 3.99. The second-order valence-electron chi connectivity index (χ2n) is 3.91. The maximum Gasteiger partial charge on any atom is 0.0437 e. The van der Waals surface area contributed by atoms with Gasteiger partial charge in [-0.25, -0.2) is 0 Å². The van der Waals surface area contributed by atoms with Crippen LogP contribution in [0.4, 0.5) is 5.69 Å². The van der Waals surface area contributed by atoms with Crippen LogP contribution in [0.25, 0.3) is 0 Å². The average Bonchev–Trinajstić information content (AvgIpc) is 2.25. The Morgan fingerprint density at radius 2 is 1.94 bits per heavy atom. The lowest BCUT2D eigenvalue weighted by Gasteiger charge is -2.24.